The first-order valence-corrected chi connectivity index (χ1v) is 5.73. The van der Waals surface area contributed by atoms with E-state index in [1.165, 1.54) is 13.2 Å². The summed E-state index contributed by atoms with van der Waals surface area (Å²) in [6, 6.07) is 7.72. The molecule has 0 radical (unpaired) electrons. The van der Waals surface area contributed by atoms with Crippen LogP contribution in [0.3, 0.4) is 0 Å². The number of methoxy groups -OCH3 is 1. The quantitative estimate of drug-likeness (QED) is 0.811. The van der Waals surface area contributed by atoms with Crippen LogP contribution in [-0.2, 0) is 17.6 Å². The van der Waals surface area contributed by atoms with E-state index in [0.29, 0.717) is 24.4 Å². The second-order valence-electron chi connectivity index (χ2n) is 4.10. The molecule has 0 saturated carbocycles. The molecule has 18 heavy (non-hydrogen) atoms. The summed E-state index contributed by atoms with van der Waals surface area (Å²) in [6.07, 6.45) is 2.41. The fourth-order valence-electron chi connectivity index (χ4n) is 1.78. The maximum atomic E-state index is 11.0. The third kappa shape index (κ3) is 2.97. The molecule has 1 aromatic heterocycles. The van der Waals surface area contributed by atoms with E-state index < -0.39 is 0 Å². The second kappa shape index (κ2) is 5.49. The minimum absolute atomic E-state index is 0.0761. The fourth-order valence-corrected chi connectivity index (χ4v) is 1.78. The van der Waals surface area contributed by atoms with Crippen LogP contribution in [0.4, 0.5) is 0 Å². The van der Waals surface area contributed by atoms with Gasteiger partial charge in [0.05, 0.1) is 25.6 Å². The third-order valence-corrected chi connectivity index (χ3v) is 2.56. The zero-order valence-electron chi connectivity index (χ0n) is 10.5. The largest absolute Gasteiger partial charge is 0.496 e. The monoisotopic (exact) mass is 245 g/mol. The number of ketones is 1. The van der Waals surface area contributed by atoms with Crippen LogP contribution in [0.2, 0.25) is 0 Å². The Labute approximate surface area is 106 Å². The van der Waals surface area contributed by atoms with Crippen LogP contribution in [0.15, 0.2) is 34.9 Å². The Balaban J connectivity index is 2.13. The molecule has 0 N–H and O–H groups in total. The van der Waals surface area contributed by atoms with E-state index in [1.807, 2.05) is 24.3 Å². The van der Waals surface area contributed by atoms with Gasteiger partial charge in [-0.2, -0.15) is 0 Å². The average molecular weight is 245 g/mol. The lowest BCUT2D eigenvalue weighted by Gasteiger charge is -2.05. The number of oxazole rings is 1. The van der Waals surface area contributed by atoms with Crippen molar-refractivity contribution in [1.29, 1.82) is 0 Å². The van der Waals surface area contributed by atoms with Gasteiger partial charge in [0.25, 0.3) is 0 Å². The lowest BCUT2D eigenvalue weighted by atomic mass is 10.1. The summed E-state index contributed by atoms with van der Waals surface area (Å²) in [5, 5.41) is 0. The minimum Gasteiger partial charge on any atom is -0.496 e. The fraction of sp³-hybridized carbons (Fsp3) is 0.286. The van der Waals surface area contributed by atoms with Crippen LogP contribution in [0.1, 0.15) is 24.1 Å². The van der Waals surface area contributed by atoms with Crippen molar-refractivity contribution in [2.75, 3.05) is 7.11 Å². The Kier molecular flexibility index (Phi) is 3.77. The first-order valence-electron chi connectivity index (χ1n) is 5.73. The lowest BCUT2D eigenvalue weighted by molar-refractivity contribution is -0.116. The summed E-state index contributed by atoms with van der Waals surface area (Å²) in [5.74, 6) is 1.48. The molecule has 0 bridgehead atoms. The number of para-hydroxylation sites is 1. The molecule has 0 aliphatic heterocycles. The van der Waals surface area contributed by atoms with Gasteiger partial charge in [0.15, 0.2) is 5.89 Å². The van der Waals surface area contributed by atoms with Crippen molar-refractivity contribution < 1.29 is 13.9 Å². The van der Waals surface area contributed by atoms with Crippen LogP contribution in [-0.4, -0.2) is 17.9 Å². The number of Topliss-reactive ketones (excluding diaryl/α,β-unsaturated/α-hetero) is 1. The molecule has 4 heteroatoms. The third-order valence-electron chi connectivity index (χ3n) is 2.56. The van der Waals surface area contributed by atoms with Gasteiger partial charge in [-0.1, -0.05) is 18.2 Å². The zero-order chi connectivity index (χ0) is 13.0. The molecule has 0 atom stereocenters. The SMILES string of the molecule is COc1ccccc1Cc1nc(CC(C)=O)co1. The number of aromatic nitrogens is 1. The van der Waals surface area contributed by atoms with Crippen molar-refractivity contribution in [1.82, 2.24) is 4.98 Å². The van der Waals surface area contributed by atoms with Gasteiger partial charge in [0, 0.05) is 5.56 Å². The van der Waals surface area contributed by atoms with Crippen LogP contribution in [0, 0.1) is 0 Å². The molecule has 94 valence electrons. The van der Waals surface area contributed by atoms with Crippen LogP contribution < -0.4 is 4.74 Å². The van der Waals surface area contributed by atoms with Gasteiger partial charge in [-0.3, -0.25) is 4.79 Å². The first-order chi connectivity index (χ1) is 8.69. The van der Waals surface area contributed by atoms with Gasteiger partial charge in [0.1, 0.15) is 17.8 Å². The lowest BCUT2D eigenvalue weighted by Crippen LogP contribution is -1.97. The maximum Gasteiger partial charge on any atom is 0.198 e. The van der Waals surface area contributed by atoms with E-state index in [9.17, 15) is 4.79 Å². The number of benzene rings is 1. The molecular weight excluding hydrogens is 230 g/mol. The van der Waals surface area contributed by atoms with Crippen molar-refractivity contribution in [3.8, 4) is 5.75 Å². The Bertz CT molecular complexity index is 545. The molecular formula is C14H15NO3. The van der Waals surface area contributed by atoms with Crippen molar-refractivity contribution in [3.63, 3.8) is 0 Å². The molecule has 4 nitrogen and oxygen atoms in total. The smallest absolute Gasteiger partial charge is 0.198 e. The van der Waals surface area contributed by atoms with Gasteiger partial charge >= 0.3 is 0 Å². The number of carbonyl (C=O) groups excluding carboxylic acids is 1. The van der Waals surface area contributed by atoms with Gasteiger partial charge in [-0.15, -0.1) is 0 Å². The van der Waals surface area contributed by atoms with Gasteiger partial charge in [-0.05, 0) is 13.0 Å². The molecule has 0 amide bonds. The number of ether oxygens (including phenoxy) is 1. The van der Waals surface area contributed by atoms with Gasteiger partial charge < -0.3 is 9.15 Å². The first kappa shape index (κ1) is 12.4. The standard InChI is InChI=1S/C14H15NO3/c1-10(16)7-12-9-18-14(15-12)8-11-5-3-4-6-13(11)17-2/h3-6,9H,7-8H2,1-2H3. The molecule has 0 spiro atoms. The van der Waals surface area contributed by atoms with Gasteiger partial charge in [-0.25, -0.2) is 4.98 Å². The van der Waals surface area contributed by atoms with E-state index in [2.05, 4.69) is 4.98 Å². The summed E-state index contributed by atoms with van der Waals surface area (Å²) in [5.41, 5.74) is 1.68. The van der Waals surface area contributed by atoms with Crippen molar-refractivity contribution >= 4 is 5.78 Å². The number of carbonyl (C=O) groups is 1. The summed E-state index contributed by atoms with van der Waals surface area (Å²) >= 11 is 0. The Morgan fingerprint density at radius 1 is 1.39 bits per heavy atom. The summed E-state index contributed by atoms with van der Waals surface area (Å²) in [6.45, 7) is 1.54. The van der Waals surface area contributed by atoms with E-state index in [1.54, 1.807) is 7.11 Å². The summed E-state index contributed by atoms with van der Waals surface area (Å²) in [4.78, 5) is 15.3. The maximum absolute atomic E-state index is 11.0. The van der Waals surface area contributed by atoms with Crippen molar-refractivity contribution in [2.45, 2.75) is 19.8 Å². The number of hydrogen-bond acceptors (Lipinski definition) is 4. The summed E-state index contributed by atoms with van der Waals surface area (Å²) in [7, 11) is 1.63. The minimum atomic E-state index is 0.0761. The van der Waals surface area contributed by atoms with Crippen molar-refractivity contribution in [2.24, 2.45) is 0 Å². The van der Waals surface area contributed by atoms with Crippen LogP contribution >= 0.6 is 0 Å². The van der Waals surface area contributed by atoms with E-state index in [4.69, 9.17) is 9.15 Å². The highest BCUT2D eigenvalue weighted by molar-refractivity contribution is 5.77. The number of rotatable bonds is 5. The topological polar surface area (TPSA) is 52.3 Å². The predicted molar refractivity (Wildman–Crippen MR) is 66.7 cm³/mol. The van der Waals surface area contributed by atoms with E-state index >= 15 is 0 Å². The van der Waals surface area contributed by atoms with Crippen molar-refractivity contribution in [3.05, 3.63) is 47.7 Å². The average Bonchev–Trinajstić information content (AvgIpc) is 2.76. The second-order valence-corrected chi connectivity index (χ2v) is 4.10. The highest BCUT2D eigenvalue weighted by atomic mass is 16.5. The number of nitrogens with zero attached hydrogens (tertiary/aromatic N) is 1. The molecule has 2 aromatic rings. The Morgan fingerprint density at radius 3 is 2.89 bits per heavy atom. The van der Waals surface area contributed by atoms with Crippen LogP contribution in [0.25, 0.3) is 0 Å². The molecule has 1 aromatic carbocycles. The predicted octanol–water partition coefficient (Wildman–Crippen LogP) is 2.41. The Hall–Kier alpha value is -2.10. The number of hydrogen-bond donors (Lipinski definition) is 0. The summed E-state index contributed by atoms with van der Waals surface area (Å²) < 4.78 is 10.6. The molecule has 0 unspecified atom stereocenters. The molecule has 0 aliphatic carbocycles. The van der Waals surface area contributed by atoms with Crippen LogP contribution in [0.5, 0.6) is 5.75 Å². The molecule has 0 saturated heterocycles. The molecule has 2 rings (SSSR count). The molecule has 0 aliphatic rings. The van der Waals surface area contributed by atoms with E-state index in [-0.39, 0.29) is 5.78 Å². The van der Waals surface area contributed by atoms with Gasteiger partial charge in [0.2, 0.25) is 0 Å². The molecule has 0 fully saturated rings. The van der Waals surface area contributed by atoms with E-state index in [0.717, 1.165) is 11.3 Å². The zero-order valence-corrected chi connectivity index (χ0v) is 10.5. The normalized spacial score (nSPS) is 10.3. The highest BCUT2D eigenvalue weighted by Gasteiger charge is 2.09. The Morgan fingerprint density at radius 2 is 2.17 bits per heavy atom. The highest BCUT2D eigenvalue weighted by Crippen LogP contribution is 2.20. The molecule has 1 heterocycles.